The molecular weight excluding hydrogens is 208 g/mol. The maximum atomic E-state index is 4.33. The molecule has 0 saturated carbocycles. The van der Waals surface area contributed by atoms with Gasteiger partial charge in [-0.25, -0.2) is 0 Å². The molecule has 0 amide bonds. The minimum atomic E-state index is 0.949. The molecule has 2 nitrogen and oxygen atoms in total. The highest BCUT2D eigenvalue weighted by atomic mass is 15.1. The molecule has 0 atom stereocenters. The van der Waals surface area contributed by atoms with Gasteiger partial charge in [0.05, 0.1) is 11.2 Å². The second-order valence-corrected chi connectivity index (χ2v) is 4.06. The number of hydrogen-bond donors (Lipinski definition) is 0. The third kappa shape index (κ3) is 1.68. The van der Waals surface area contributed by atoms with E-state index in [9.17, 15) is 0 Å². The van der Waals surface area contributed by atoms with Crippen LogP contribution in [-0.2, 0) is 0 Å². The normalized spacial score (nSPS) is 10.6. The summed E-state index contributed by atoms with van der Waals surface area (Å²) < 4.78 is 0. The van der Waals surface area contributed by atoms with Crippen LogP contribution < -0.4 is 0 Å². The molecule has 0 fully saturated rings. The molecular formula is C15H12N2. The van der Waals surface area contributed by atoms with Crippen LogP contribution >= 0.6 is 0 Å². The number of rotatable bonds is 1. The van der Waals surface area contributed by atoms with E-state index in [-0.39, 0.29) is 0 Å². The van der Waals surface area contributed by atoms with Crippen molar-refractivity contribution in [3.63, 3.8) is 0 Å². The zero-order valence-electron chi connectivity index (χ0n) is 9.59. The number of benzene rings is 2. The Kier molecular flexibility index (Phi) is 2.33. The van der Waals surface area contributed by atoms with Crippen molar-refractivity contribution in [3.8, 4) is 11.3 Å². The lowest BCUT2D eigenvalue weighted by Crippen LogP contribution is -1.93. The van der Waals surface area contributed by atoms with E-state index in [1.807, 2.05) is 36.4 Å². The largest absolute Gasteiger partial charge is 0.150 e. The monoisotopic (exact) mass is 220 g/mol. The topological polar surface area (TPSA) is 25.8 Å². The summed E-state index contributed by atoms with van der Waals surface area (Å²) >= 11 is 0. The van der Waals surface area contributed by atoms with Crippen LogP contribution in [0, 0.1) is 6.92 Å². The van der Waals surface area contributed by atoms with E-state index in [1.54, 1.807) is 0 Å². The fourth-order valence-electron chi connectivity index (χ4n) is 2.05. The Labute approximate surface area is 99.9 Å². The zero-order valence-corrected chi connectivity index (χ0v) is 9.59. The summed E-state index contributed by atoms with van der Waals surface area (Å²) in [4.78, 5) is 0. The van der Waals surface area contributed by atoms with Crippen LogP contribution in [0.15, 0.2) is 54.6 Å². The van der Waals surface area contributed by atoms with Crippen LogP contribution in [0.1, 0.15) is 5.56 Å². The molecule has 1 heterocycles. The van der Waals surface area contributed by atoms with Crippen molar-refractivity contribution < 1.29 is 0 Å². The smallest absolute Gasteiger partial charge is 0.0965 e. The van der Waals surface area contributed by atoms with E-state index in [0.717, 1.165) is 16.8 Å². The molecule has 0 radical (unpaired) electrons. The van der Waals surface area contributed by atoms with Gasteiger partial charge in [-0.2, -0.15) is 0 Å². The number of aromatic nitrogens is 2. The third-order valence-electron chi connectivity index (χ3n) is 2.97. The van der Waals surface area contributed by atoms with Crippen molar-refractivity contribution in [1.29, 1.82) is 0 Å². The molecule has 2 aromatic carbocycles. The van der Waals surface area contributed by atoms with Crippen LogP contribution in [0.25, 0.3) is 22.2 Å². The molecule has 0 aliphatic carbocycles. The molecule has 0 saturated heterocycles. The Bertz CT molecular complexity index is 660. The predicted molar refractivity (Wildman–Crippen MR) is 69.7 cm³/mol. The van der Waals surface area contributed by atoms with Gasteiger partial charge < -0.3 is 0 Å². The number of hydrogen-bond acceptors (Lipinski definition) is 2. The summed E-state index contributed by atoms with van der Waals surface area (Å²) in [6, 6.07) is 18.3. The van der Waals surface area contributed by atoms with E-state index in [4.69, 9.17) is 0 Å². The average molecular weight is 220 g/mol. The van der Waals surface area contributed by atoms with Crippen molar-refractivity contribution in [2.45, 2.75) is 6.92 Å². The molecule has 0 unspecified atom stereocenters. The average Bonchev–Trinajstić information content (AvgIpc) is 2.40. The van der Waals surface area contributed by atoms with E-state index >= 15 is 0 Å². The van der Waals surface area contributed by atoms with Crippen molar-refractivity contribution in [2.75, 3.05) is 0 Å². The fraction of sp³-hybridized carbons (Fsp3) is 0.0667. The van der Waals surface area contributed by atoms with Crippen molar-refractivity contribution in [3.05, 3.63) is 60.2 Å². The van der Waals surface area contributed by atoms with Crippen molar-refractivity contribution >= 4 is 10.9 Å². The lowest BCUT2D eigenvalue weighted by molar-refractivity contribution is 1.07. The molecule has 0 bridgehead atoms. The van der Waals surface area contributed by atoms with E-state index in [1.165, 1.54) is 10.9 Å². The van der Waals surface area contributed by atoms with E-state index < -0.39 is 0 Å². The van der Waals surface area contributed by atoms with Gasteiger partial charge in [-0.15, -0.1) is 10.2 Å². The quantitative estimate of drug-likeness (QED) is 0.626. The molecule has 2 heteroatoms. The van der Waals surface area contributed by atoms with Gasteiger partial charge in [0.15, 0.2) is 0 Å². The van der Waals surface area contributed by atoms with Crippen molar-refractivity contribution in [2.24, 2.45) is 0 Å². The van der Waals surface area contributed by atoms with Gasteiger partial charge in [0.2, 0.25) is 0 Å². The fourth-order valence-corrected chi connectivity index (χ4v) is 2.05. The molecule has 82 valence electrons. The second kappa shape index (κ2) is 3.98. The maximum Gasteiger partial charge on any atom is 0.0965 e. The Morgan fingerprint density at radius 1 is 0.765 bits per heavy atom. The Hall–Kier alpha value is -2.22. The Morgan fingerprint density at radius 2 is 1.47 bits per heavy atom. The highest BCUT2D eigenvalue weighted by molar-refractivity contribution is 5.86. The van der Waals surface area contributed by atoms with Gasteiger partial charge in [0.1, 0.15) is 0 Å². The van der Waals surface area contributed by atoms with Crippen molar-refractivity contribution in [1.82, 2.24) is 10.2 Å². The molecule has 3 aromatic rings. The first-order chi connectivity index (χ1) is 8.36. The number of aryl methyl sites for hydroxylation is 1. The number of fused-ring (bicyclic) bond motifs is 1. The molecule has 0 aliphatic rings. The SMILES string of the molecule is Cc1c(-c2ccccc2)nnc2ccccc12. The molecule has 0 N–H and O–H groups in total. The Balaban J connectivity index is 2.29. The van der Waals surface area contributed by atoms with Gasteiger partial charge in [-0.1, -0.05) is 48.5 Å². The molecule has 1 aromatic heterocycles. The van der Waals surface area contributed by atoms with Crippen LogP contribution in [0.4, 0.5) is 0 Å². The minimum Gasteiger partial charge on any atom is -0.150 e. The van der Waals surface area contributed by atoms with Crippen LogP contribution in [-0.4, -0.2) is 10.2 Å². The molecule has 0 spiro atoms. The molecule has 17 heavy (non-hydrogen) atoms. The second-order valence-electron chi connectivity index (χ2n) is 4.06. The van der Waals surface area contributed by atoms with Gasteiger partial charge in [0.25, 0.3) is 0 Å². The summed E-state index contributed by atoms with van der Waals surface area (Å²) in [5.74, 6) is 0. The number of nitrogens with zero attached hydrogens (tertiary/aromatic N) is 2. The summed E-state index contributed by atoms with van der Waals surface area (Å²) in [7, 11) is 0. The highest BCUT2D eigenvalue weighted by Gasteiger charge is 2.07. The first-order valence-corrected chi connectivity index (χ1v) is 5.64. The first-order valence-electron chi connectivity index (χ1n) is 5.64. The lowest BCUT2D eigenvalue weighted by Gasteiger charge is -2.06. The van der Waals surface area contributed by atoms with Gasteiger partial charge >= 0.3 is 0 Å². The molecule has 3 rings (SSSR count). The van der Waals surface area contributed by atoms with Gasteiger partial charge in [-0.3, -0.25) is 0 Å². The Morgan fingerprint density at radius 3 is 2.29 bits per heavy atom. The predicted octanol–water partition coefficient (Wildman–Crippen LogP) is 3.61. The highest BCUT2D eigenvalue weighted by Crippen LogP contribution is 2.25. The van der Waals surface area contributed by atoms with Gasteiger partial charge in [-0.05, 0) is 18.6 Å². The summed E-state index contributed by atoms with van der Waals surface area (Å²) in [6.07, 6.45) is 0. The van der Waals surface area contributed by atoms with Crippen LogP contribution in [0.2, 0.25) is 0 Å². The molecule has 0 aliphatic heterocycles. The zero-order chi connectivity index (χ0) is 11.7. The summed E-state index contributed by atoms with van der Waals surface area (Å²) in [6.45, 7) is 2.10. The summed E-state index contributed by atoms with van der Waals surface area (Å²) in [5, 5.41) is 9.76. The standard InChI is InChI=1S/C15H12N2/c1-11-13-9-5-6-10-14(13)16-17-15(11)12-7-3-2-4-8-12/h2-10H,1H3. The lowest BCUT2D eigenvalue weighted by atomic mass is 10.0. The van der Waals surface area contributed by atoms with E-state index in [0.29, 0.717) is 0 Å². The van der Waals surface area contributed by atoms with E-state index in [2.05, 4.69) is 35.3 Å². The minimum absolute atomic E-state index is 0.949. The third-order valence-corrected chi connectivity index (χ3v) is 2.97. The first kappa shape index (κ1) is 9.97. The van der Waals surface area contributed by atoms with Crippen LogP contribution in [0.5, 0.6) is 0 Å². The van der Waals surface area contributed by atoms with Gasteiger partial charge in [0, 0.05) is 10.9 Å². The summed E-state index contributed by atoms with van der Waals surface area (Å²) in [5.41, 5.74) is 4.21. The maximum absolute atomic E-state index is 4.33. The van der Waals surface area contributed by atoms with Crippen LogP contribution in [0.3, 0.4) is 0 Å².